The zero-order chi connectivity index (χ0) is 7.84. The predicted molar refractivity (Wildman–Crippen MR) is 50.2 cm³/mol. The average molecular weight is 165 g/mol. The molecule has 0 fully saturated rings. The molecule has 2 rings (SSSR count). The van der Waals surface area contributed by atoms with Crippen molar-refractivity contribution < 1.29 is 0 Å². The van der Waals surface area contributed by atoms with Crippen molar-refractivity contribution in [3.63, 3.8) is 0 Å². The second kappa shape index (κ2) is 2.38. The van der Waals surface area contributed by atoms with Crippen molar-refractivity contribution in [2.75, 3.05) is 0 Å². The first kappa shape index (κ1) is 6.92. The first-order valence-electron chi connectivity index (χ1n) is 3.86. The number of hydrogen-bond acceptors (Lipinski definition) is 1. The van der Waals surface area contributed by atoms with Gasteiger partial charge in [-0.3, -0.25) is 0 Å². The lowest BCUT2D eigenvalue weighted by molar-refractivity contribution is 0.796. The summed E-state index contributed by atoms with van der Waals surface area (Å²) in [4.78, 5) is 0. The molecule has 0 N–H and O–H groups in total. The molecule has 0 atom stereocenters. The maximum absolute atomic E-state index is 2.29. The Morgan fingerprint density at radius 2 is 2.36 bits per heavy atom. The summed E-state index contributed by atoms with van der Waals surface area (Å²) < 4.78 is 3.70. The number of aryl methyl sites for hydroxylation is 2. The first-order valence-corrected chi connectivity index (χ1v) is 4.74. The van der Waals surface area contributed by atoms with E-state index >= 15 is 0 Å². The molecule has 1 nitrogen and oxygen atoms in total. The Morgan fingerprint density at radius 1 is 1.55 bits per heavy atom. The van der Waals surface area contributed by atoms with Gasteiger partial charge in [-0.05, 0) is 30.9 Å². The first-order chi connectivity index (χ1) is 5.33. The smallest absolute Gasteiger partial charge is 0.0619 e. The Bertz CT molecular complexity index is 370. The summed E-state index contributed by atoms with van der Waals surface area (Å²) in [5.74, 6) is 0. The molecule has 0 aliphatic rings. The van der Waals surface area contributed by atoms with Crippen molar-refractivity contribution in [2.45, 2.75) is 20.4 Å². The van der Waals surface area contributed by atoms with Gasteiger partial charge in [-0.2, -0.15) is 0 Å². The zero-order valence-electron chi connectivity index (χ0n) is 6.79. The third kappa shape index (κ3) is 0.897. The minimum atomic E-state index is 1.07. The largest absolute Gasteiger partial charge is 0.347 e. The Morgan fingerprint density at radius 3 is 3.09 bits per heavy atom. The number of nitrogens with zero attached hydrogens (tertiary/aromatic N) is 1. The van der Waals surface area contributed by atoms with Crippen LogP contribution in [0.25, 0.3) is 10.2 Å². The monoisotopic (exact) mass is 165 g/mol. The Hall–Kier alpha value is -0.760. The number of thiophene rings is 1. The van der Waals surface area contributed by atoms with Crippen LogP contribution in [-0.4, -0.2) is 4.57 Å². The van der Waals surface area contributed by atoms with Crippen LogP contribution in [0.4, 0.5) is 0 Å². The lowest BCUT2D eigenvalue weighted by atomic mass is 10.3. The van der Waals surface area contributed by atoms with Gasteiger partial charge in [0, 0.05) is 12.7 Å². The van der Waals surface area contributed by atoms with E-state index < -0.39 is 0 Å². The van der Waals surface area contributed by atoms with Gasteiger partial charge in [-0.25, -0.2) is 0 Å². The van der Waals surface area contributed by atoms with E-state index in [2.05, 4.69) is 36.1 Å². The van der Waals surface area contributed by atoms with Crippen molar-refractivity contribution >= 4 is 21.6 Å². The molecule has 0 saturated carbocycles. The molecule has 0 aliphatic heterocycles. The van der Waals surface area contributed by atoms with Gasteiger partial charge < -0.3 is 4.57 Å². The van der Waals surface area contributed by atoms with E-state index in [4.69, 9.17) is 0 Å². The molecule has 0 bridgehead atoms. The normalized spacial score (nSPS) is 11.1. The Balaban J connectivity index is 2.80. The van der Waals surface area contributed by atoms with E-state index in [0.717, 1.165) is 6.54 Å². The lowest BCUT2D eigenvalue weighted by Crippen LogP contribution is -1.90. The number of rotatable bonds is 1. The van der Waals surface area contributed by atoms with Crippen LogP contribution < -0.4 is 0 Å². The highest BCUT2D eigenvalue weighted by atomic mass is 32.1. The molecule has 0 amide bonds. The summed E-state index contributed by atoms with van der Waals surface area (Å²) in [6, 6.07) is 2.19. The summed E-state index contributed by atoms with van der Waals surface area (Å²) in [5, 5.41) is 2.22. The lowest BCUT2D eigenvalue weighted by Gasteiger charge is -1.97. The van der Waals surface area contributed by atoms with Gasteiger partial charge in [0.05, 0.1) is 10.2 Å². The van der Waals surface area contributed by atoms with Crippen molar-refractivity contribution in [3.05, 3.63) is 23.2 Å². The number of hydrogen-bond donors (Lipinski definition) is 0. The number of fused-ring (bicyclic) bond motifs is 1. The third-order valence-electron chi connectivity index (χ3n) is 2.00. The quantitative estimate of drug-likeness (QED) is 0.612. The SMILES string of the molecule is CCn1ccc2scc(C)c21. The second-order valence-electron chi connectivity index (χ2n) is 2.73. The molecule has 58 valence electrons. The van der Waals surface area contributed by atoms with Crippen molar-refractivity contribution in [2.24, 2.45) is 0 Å². The molecule has 2 heteroatoms. The maximum atomic E-state index is 2.29. The van der Waals surface area contributed by atoms with Gasteiger partial charge in [0.2, 0.25) is 0 Å². The van der Waals surface area contributed by atoms with Gasteiger partial charge in [-0.1, -0.05) is 0 Å². The molecule has 2 aromatic heterocycles. The molecule has 11 heavy (non-hydrogen) atoms. The van der Waals surface area contributed by atoms with Gasteiger partial charge >= 0.3 is 0 Å². The van der Waals surface area contributed by atoms with Crippen molar-refractivity contribution in [1.29, 1.82) is 0 Å². The molecule has 0 radical (unpaired) electrons. The Labute approximate surface area is 70.3 Å². The Kier molecular flexibility index (Phi) is 1.50. The standard InChI is InChI=1S/C9H11NS/c1-3-10-5-4-8-9(10)7(2)6-11-8/h4-6H,3H2,1-2H3. The zero-order valence-corrected chi connectivity index (χ0v) is 7.61. The minimum Gasteiger partial charge on any atom is -0.347 e. The topological polar surface area (TPSA) is 4.93 Å². The van der Waals surface area contributed by atoms with Crippen molar-refractivity contribution in [1.82, 2.24) is 4.57 Å². The van der Waals surface area contributed by atoms with Crippen LogP contribution in [0, 0.1) is 6.92 Å². The van der Waals surface area contributed by atoms with Crippen LogP contribution in [0.5, 0.6) is 0 Å². The highest BCUT2D eigenvalue weighted by molar-refractivity contribution is 7.17. The van der Waals surface area contributed by atoms with Gasteiger partial charge in [-0.15, -0.1) is 11.3 Å². The summed E-state index contributed by atoms with van der Waals surface area (Å²) in [6.07, 6.45) is 2.16. The van der Waals surface area contributed by atoms with Gasteiger partial charge in [0.25, 0.3) is 0 Å². The third-order valence-corrected chi connectivity index (χ3v) is 3.06. The highest BCUT2D eigenvalue weighted by Gasteiger charge is 2.03. The van der Waals surface area contributed by atoms with E-state index in [1.165, 1.54) is 15.8 Å². The fourth-order valence-electron chi connectivity index (χ4n) is 1.44. The summed E-state index contributed by atoms with van der Waals surface area (Å²) >= 11 is 1.83. The molecule has 2 heterocycles. The van der Waals surface area contributed by atoms with Crippen LogP contribution in [-0.2, 0) is 6.54 Å². The van der Waals surface area contributed by atoms with E-state index in [0.29, 0.717) is 0 Å². The molecule has 0 aromatic carbocycles. The molecule has 0 saturated heterocycles. The van der Waals surface area contributed by atoms with Crippen LogP contribution >= 0.6 is 11.3 Å². The molecular formula is C9H11NS. The fraction of sp³-hybridized carbons (Fsp3) is 0.333. The van der Waals surface area contributed by atoms with Crippen LogP contribution in [0.2, 0.25) is 0 Å². The summed E-state index contributed by atoms with van der Waals surface area (Å²) in [5.41, 5.74) is 2.81. The van der Waals surface area contributed by atoms with Crippen LogP contribution in [0.3, 0.4) is 0 Å². The molecular weight excluding hydrogens is 154 g/mol. The summed E-state index contributed by atoms with van der Waals surface area (Å²) in [6.45, 7) is 5.42. The van der Waals surface area contributed by atoms with E-state index in [9.17, 15) is 0 Å². The average Bonchev–Trinajstić information content (AvgIpc) is 2.54. The summed E-state index contributed by atoms with van der Waals surface area (Å²) in [7, 11) is 0. The van der Waals surface area contributed by atoms with E-state index in [1.54, 1.807) is 0 Å². The van der Waals surface area contributed by atoms with Crippen LogP contribution in [0.1, 0.15) is 12.5 Å². The predicted octanol–water partition coefficient (Wildman–Crippen LogP) is 3.03. The van der Waals surface area contributed by atoms with E-state index in [-0.39, 0.29) is 0 Å². The number of aromatic nitrogens is 1. The minimum absolute atomic E-state index is 1.07. The molecule has 0 unspecified atom stereocenters. The maximum Gasteiger partial charge on any atom is 0.0619 e. The van der Waals surface area contributed by atoms with Gasteiger partial charge in [0.15, 0.2) is 0 Å². The van der Waals surface area contributed by atoms with E-state index in [1.807, 2.05) is 11.3 Å². The highest BCUT2D eigenvalue weighted by Crippen LogP contribution is 2.25. The molecule has 0 spiro atoms. The van der Waals surface area contributed by atoms with Crippen LogP contribution in [0.15, 0.2) is 17.6 Å². The molecule has 2 aromatic rings. The fourth-order valence-corrected chi connectivity index (χ4v) is 2.38. The molecule has 0 aliphatic carbocycles. The van der Waals surface area contributed by atoms with Gasteiger partial charge in [0.1, 0.15) is 0 Å². The second-order valence-corrected chi connectivity index (χ2v) is 3.64. The van der Waals surface area contributed by atoms with Crippen molar-refractivity contribution in [3.8, 4) is 0 Å².